The van der Waals surface area contributed by atoms with E-state index in [9.17, 15) is 0 Å². The Morgan fingerprint density at radius 2 is 2.17 bits per heavy atom. The molecule has 3 N–H and O–H groups in total. The van der Waals surface area contributed by atoms with Crippen LogP contribution < -0.4 is 10.6 Å². The van der Waals surface area contributed by atoms with Gasteiger partial charge in [-0.15, -0.1) is 10.2 Å². The predicted octanol–water partition coefficient (Wildman–Crippen LogP) is 2.12. The number of hydrogen-bond acceptors (Lipinski definition) is 6. The second-order valence-corrected chi connectivity index (χ2v) is 6.00. The molecule has 0 atom stereocenters. The van der Waals surface area contributed by atoms with Gasteiger partial charge in [-0.2, -0.15) is 5.10 Å². The molecule has 2 heterocycles. The van der Waals surface area contributed by atoms with E-state index in [-0.39, 0.29) is 0 Å². The summed E-state index contributed by atoms with van der Waals surface area (Å²) >= 11 is 1.59. The second-order valence-electron chi connectivity index (χ2n) is 4.94. The summed E-state index contributed by atoms with van der Waals surface area (Å²) in [5.74, 6) is 8.37. The highest BCUT2D eigenvalue weighted by Gasteiger charge is 2.15. The van der Waals surface area contributed by atoms with Crippen molar-refractivity contribution in [1.82, 2.24) is 25.1 Å². The van der Waals surface area contributed by atoms with Crippen LogP contribution in [-0.2, 0) is 6.42 Å². The van der Waals surface area contributed by atoms with E-state index >= 15 is 0 Å². The molecule has 0 radical (unpaired) electrons. The molecule has 0 aliphatic rings. The molecular formula is C15H18N6OS. The Kier molecular flexibility index (Phi) is 4.82. The monoisotopic (exact) mass is 330 g/mol. The zero-order valence-electron chi connectivity index (χ0n) is 12.8. The molecule has 3 rings (SSSR count). The van der Waals surface area contributed by atoms with Gasteiger partial charge in [-0.25, -0.2) is 4.68 Å². The lowest BCUT2D eigenvalue weighted by molar-refractivity contribution is 0.416. The van der Waals surface area contributed by atoms with Gasteiger partial charge in [0.25, 0.3) is 0 Å². The molecule has 0 aliphatic heterocycles. The lowest BCUT2D eigenvalue weighted by Gasteiger charge is -2.07. The topological polar surface area (TPSA) is 94.6 Å². The third kappa shape index (κ3) is 3.48. The van der Waals surface area contributed by atoms with Crippen LogP contribution in [0.15, 0.2) is 41.8 Å². The first-order chi connectivity index (χ1) is 11.3. The zero-order chi connectivity index (χ0) is 16.1. The van der Waals surface area contributed by atoms with Gasteiger partial charge < -0.3 is 10.6 Å². The van der Waals surface area contributed by atoms with Gasteiger partial charge >= 0.3 is 0 Å². The van der Waals surface area contributed by atoms with E-state index in [1.54, 1.807) is 18.9 Å². The average Bonchev–Trinajstić information content (AvgIpc) is 3.22. The normalized spacial score (nSPS) is 10.8. The van der Waals surface area contributed by atoms with Gasteiger partial charge in [0.1, 0.15) is 5.75 Å². The fourth-order valence-electron chi connectivity index (χ4n) is 2.24. The highest BCUT2D eigenvalue weighted by atomic mass is 32.2. The molecule has 0 bridgehead atoms. The lowest BCUT2D eigenvalue weighted by atomic mass is 10.2. The molecule has 0 saturated heterocycles. The molecule has 0 spiro atoms. The van der Waals surface area contributed by atoms with E-state index in [0.29, 0.717) is 11.0 Å². The fourth-order valence-corrected chi connectivity index (χ4v) is 3.04. The lowest BCUT2D eigenvalue weighted by Crippen LogP contribution is -2.12. The van der Waals surface area contributed by atoms with Crippen LogP contribution in [0, 0.1) is 0 Å². The Morgan fingerprint density at radius 1 is 1.30 bits per heavy atom. The Hall–Kier alpha value is -2.48. The average molecular weight is 330 g/mol. The van der Waals surface area contributed by atoms with Crippen molar-refractivity contribution in [1.29, 1.82) is 0 Å². The summed E-state index contributed by atoms with van der Waals surface area (Å²) in [4.78, 5) is 0. The number of aryl methyl sites for hydroxylation is 1. The highest BCUT2D eigenvalue weighted by molar-refractivity contribution is 7.99. The Labute approximate surface area is 138 Å². The molecule has 120 valence electrons. The quantitative estimate of drug-likeness (QED) is 0.391. The number of para-hydroxylation sites is 1. The number of rotatable bonds is 7. The van der Waals surface area contributed by atoms with Gasteiger partial charge in [0.15, 0.2) is 5.82 Å². The number of ether oxygens (including phenoxy) is 1. The van der Waals surface area contributed by atoms with Crippen molar-refractivity contribution >= 4 is 11.8 Å². The first-order valence-corrected chi connectivity index (χ1v) is 8.22. The van der Waals surface area contributed by atoms with Crippen LogP contribution >= 0.6 is 11.8 Å². The molecule has 7 nitrogen and oxygen atoms in total. The third-order valence-electron chi connectivity index (χ3n) is 3.41. The number of nitrogens with zero attached hydrogens (tertiary/aromatic N) is 4. The summed E-state index contributed by atoms with van der Waals surface area (Å²) in [7, 11) is 1.63. The predicted molar refractivity (Wildman–Crippen MR) is 89.8 cm³/mol. The zero-order valence-corrected chi connectivity index (χ0v) is 13.6. The minimum absolute atomic E-state index is 0.597. The van der Waals surface area contributed by atoms with Crippen LogP contribution in [0.2, 0.25) is 0 Å². The molecule has 0 aliphatic carbocycles. The van der Waals surface area contributed by atoms with Gasteiger partial charge in [-0.05, 0) is 30.5 Å². The van der Waals surface area contributed by atoms with Crippen molar-refractivity contribution in [3.05, 3.63) is 42.2 Å². The molecule has 0 fully saturated rings. The van der Waals surface area contributed by atoms with Crippen molar-refractivity contribution in [3.8, 4) is 17.1 Å². The molecule has 3 aromatic rings. The van der Waals surface area contributed by atoms with Gasteiger partial charge in [0.2, 0.25) is 5.16 Å². The largest absolute Gasteiger partial charge is 0.496 e. The molecule has 2 aromatic heterocycles. The second kappa shape index (κ2) is 7.19. The van der Waals surface area contributed by atoms with E-state index in [1.165, 1.54) is 10.2 Å². The van der Waals surface area contributed by atoms with E-state index in [1.807, 2.05) is 36.7 Å². The fraction of sp³-hybridized carbons (Fsp3) is 0.267. The van der Waals surface area contributed by atoms with Crippen LogP contribution in [0.5, 0.6) is 5.75 Å². The molecule has 23 heavy (non-hydrogen) atoms. The van der Waals surface area contributed by atoms with Crippen LogP contribution in [0.4, 0.5) is 0 Å². The number of hydrogen-bond donors (Lipinski definition) is 2. The van der Waals surface area contributed by atoms with Crippen LogP contribution in [0.3, 0.4) is 0 Å². The summed E-state index contributed by atoms with van der Waals surface area (Å²) in [6.45, 7) is 0. The number of aromatic nitrogens is 5. The summed E-state index contributed by atoms with van der Waals surface area (Å²) in [6, 6.07) is 7.62. The standard InChI is InChI=1S/C15H18N6OS/c1-22-13-7-3-2-6-12(13)14-19-20-15(21(14)16)23-8-4-5-11-9-17-18-10-11/h2-3,6-7,9-10H,4-5,8,16H2,1H3,(H,17,18). The van der Waals surface area contributed by atoms with Crippen LogP contribution in [0.1, 0.15) is 12.0 Å². The summed E-state index contributed by atoms with van der Waals surface area (Å²) in [5.41, 5.74) is 2.03. The van der Waals surface area contributed by atoms with Gasteiger partial charge in [-0.3, -0.25) is 5.10 Å². The summed E-state index contributed by atoms with van der Waals surface area (Å²) in [6.07, 6.45) is 5.74. The summed E-state index contributed by atoms with van der Waals surface area (Å²) in [5, 5.41) is 15.8. The number of nitrogens with two attached hydrogens (primary N) is 1. The number of nitrogens with one attached hydrogen (secondary N) is 1. The molecule has 0 saturated carbocycles. The minimum atomic E-state index is 0.597. The van der Waals surface area contributed by atoms with Crippen molar-refractivity contribution in [2.24, 2.45) is 0 Å². The number of H-pyrrole nitrogens is 1. The molecule has 0 amide bonds. The van der Waals surface area contributed by atoms with E-state index < -0.39 is 0 Å². The Morgan fingerprint density at radius 3 is 2.96 bits per heavy atom. The maximum Gasteiger partial charge on any atom is 0.210 e. The first-order valence-electron chi connectivity index (χ1n) is 7.24. The Bertz CT molecular complexity index is 755. The molecule has 1 aromatic carbocycles. The SMILES string of the molecule is COc1ccccc1-c1nnc(SCCCc2cn[nH]c2)n1N. The van der Waals surface area contributed by atoms with Crippen molar-refractivity contribution in [2.45, 2.75) is 18.0 Å². The first kappa shape index (κ1) is 15.4. The summed E-state index contributed by atoms with van der Waals surface area (Å²) < 4.78 is 6.87. The molecular weight excluding hydrogens is 312 g/mol. The van der Waals surface area contributed by atoms with Crippen molar-refractivity contribution < 1.29 is 4.74 Å². The van der Waals surface area contributed by atoms with Crippen LogP contribution in [-0.4, -0.2) is 37.9 Å². The Balaban J connectivity index is 1.65. The van der Waals surface area contributed by atoms with E-state index in [2.05, 4.69) is 20.4 Å². The van der Waals surface area contributed by atoms with Crippen molar-refractivity contribution in [2.75, 3.05) is 18.7 Å². The van der Waals surface area contributed by atoms with E-state index in [4.69, 9.17) is 10.6 Å². The maximum atomic E-state index is 6.14. The third-order valence-corrected chi connectivity index (χ3v) is 4.44. The van der Waals surface area contributed by atoms with Gasteiger partial charge in [0, 0.05) is 11.9 Å². The maximum absolute atomic E-state index is 6.14. The smallest absolute Gasteiger partial charge is 0.210 e. The molecule has 8 heteroatoms. The van der Waals surface area contributed by atoms with Gasteiger partial charge in [0.05, 0.1) is 18.9 Å². The number of thioether (sulfide) groups is 1. The minimum Gasteiger partial charge on any atom is -0.496 e. The van der Waals surface area contributed by atoms with Gasteiger partial charge in [-0.1, -0.05) is 23.9 Å². The number of nitrogen functional groups attached to an aromatic ring is 1. The molecule has 0 unspecified atom stereocenters. The van der Waals surface area contributed by atoms with E-state index in [0.717, 1.165) is 29.9 Å². The number of methoxy groups -OCH3 is 1. The van der Waals surface area contributed by atoms with Crippen LogP contribution in [0.25, 0.3) is 11.4 Å². The number of aromatic amines is 1. The highest BCUT2D eigenvalue weighted by Crippen LogP contribution is 2.29. The number of benzene rings is 1. The van der Waals surface area contributed by atoms with Crippen molar-refractivity contribution in [3.63, 3.8) is 0 Å².